The second kappa shape index (κ2) is 68.6. The Bertz CT molecular complexity index is 1620. The number of ether oxygens (including phenoxy) is 3. The molecular formula is C75H128O6. The predicted octanol–water partition coefficient (Wildman–Crippen LogP) is 23.8. The van der Waals surface area contributed by atoms with E-state index in [-0.39, 0.29) is 31.1 Å². The van der Waals surface area contributed by atoms with E-state index in [0.717, 1.165) is 135 Å². The molecule has 0 aromatic carbocycles. The molecule has 0 spiro atoms. The highest BCUT2D eigenvalue weighted by Crippen LogP contribution is 2.17. The summed E-state index contributed by atoms with van der Waals surface area (Å²) in [6.07, 6.45) is 93.9. The van der Waals surface area contributed by atoms with Crippen LogP contribution in [0.5, 0.6) is 0 Å². The Hall–Kier alpha value is -3.93. The summed E-state index contributed by atoms with van der Waals surface area (Å²) >= 11 is 0. The number of hydrogen-bond donors (Lipinski definition) is 0. The van der Waals surface area contributed by atoms with Crippen molar-refractivity contribution in [1.82, 2.24) is 0 Å². The molecule has 464 valence electrons. The van der Waals surface area contributed by atoms with E-state index in [9.17, 15) is 14.4 Å². The molecule has 0 amide bonds. The maximum atomic E-state index is 13.0. The SMILES string of the molecule is CC/C=C\C/C=C\C/C=C\C/C=C\C/C=C\CCCCCCCCCCCC(=O)OCC(COC(=O)CCCCCCC/C=C\C/C=C\C/C=C\CC)OC(=O)CCCCCCCCCCCCC/C=C\CCCCCCCCCC. The lowest BCUT2D eigenvalue weighted by atomic mass is 10.0. The van der Waals surface area contributed by atoms with Crippen LogP contribution in [0.2, 0.25) is 0 Å². The zero-order valence-electron chi connectivity index (χ0n) is 53.3. The molecule has 1 unspecified atom stereocenters. The summed E-state index contributed by atoms with van der Waals surface area (Å²) in [7, 11) is 0. The fourth-order valence-electron chi connectivity index (χ4n) is 9.66. The van der Waals surface area contributed by atoms with Gasteiger partial charge in [-0.05, 0) is 122 Å². The average molecular weight is 1130 g/mol. The molecule has 0 aliphatic heterocycles. The van der Waals surface area contributed by atoms with Crippen molar-refractivity contribution in [3.05, 3.63) is 109 Å². The van der Waals surface area contributed by atoms with E-state index in [1.807, 2.05) is 0 Å². The maximum absolute atomic E-state index is 13.0. The molecule has 1 atom stereocenters. The van der Waals surface area contributed by atoms with E-state index in [4.69, 9.17) is 14.2 Å². The van der Waals surface area contributed by atoms with Crippen molar-refractivity contribution in [2.24, 2.45) is 0 Å². The first kappa shape index (κ1) is 77.1. The van der Waals surface area contributed by atoms with E-state index in [1.54, 1.807) is 0 Å². The normalized spacial score (nSPS) is 12.8. The van der Waals surface area contributed by atoms with E-state index >= 15 is 0 Å². The van der Waals surface area contributed by atoms with Crippen LogP contribution in [0.3, 0.4) is 0 Å². The van der Waals surface area contributed by atoms with Gasteiger partial charge in [-0.2, -0.15) is 0 Å². The van der Waals surface area contributed by atoms with Gasteiger partial charge in [-0.1, -0.05) is 297 Å². The van der Waals surface area contributed by atoms with Crippen molar-refractivity contribution in [2.75, 3.05) is 13.2 Å². The van der Waals surface area contributed by atoms with Crippen LogP contribution in [0.25, 0.3) is 0 Å². The molecule has 81 heavy (non-hydrogen) atoms. The fourth-order valence-corrected chi connectivity index (χ4v) is 9.66. The Balaban J connectivity index is 4.36. The highest BCUT2D eigenvalue weighted by Gasteiger charge is 2.19. The third kappa shape index (κ3) is 66.8. The molecule has 0 fully saturated rings. The Morgan fingerprint density at radius 2 is 0.481 bits per heavy atom. The van der Waals surface area contributed by atoms with Gasteiger partial charge < -0.3 is 14.2 Å². The standard InChI is InChI=1S/C75H128O6/c1-4-7-10-13-16-19-22-25-28-30-32-34-36-37-39-40-42-44-47-50-53-56-59-62-65-68-74(77)80-71-72(70-79-73(76)67-64-61-58-55-52-49-46-27-24-21-18-15-12-9-6-3)81-75(78)69-66-63-60-57-54-51-48-45-43-41-38-35-33-31-29-26-23-20-17-14-11-8-5-2/h7,9-10,12,16,18-19,21,25,27-28,31-34,37,39,46,72H,4-6,8,11,13-15,17,20,22-24,26,29-30,35-36,38,40-45,47-71H2,1-3H3/b10-7-,12-9-,19-16-,21-18-,28-25-,33-31-,34-32-,39-37-,46-27-. The van der Waals surface area contributed by atoms with Crippen molar-refractivity contribution < 1.29 is 28.6 Å². The summed E-state index contributed by atoms with van der Waals surface area (Å²) in [5, 5.41) is 0. The minimum absolute atomic E-state index is 0.0869. The van der Waals surface area contributed by atoms with Gasteiger partial charge in [-0.3, -0.25) is 14.4 Å². The Kier molecular flexibility index (Phi) is 65.2. The number of carbonyl (C=O) groups excluding carboxylic acids is 3. The Labute approximate surface area is 501 Å². The first-order valence-corrected chi connectivity index (χ1v) is 34.4. The molecule has 0 aromatic rings. The number of esters is 3. The average Bonchev–Trinajstić information content (AvgIpc) is 3.47. The van der Waals surface area contributed by atoms with Gasteiger partial charge in [0.15, 0.2) is 6.10 Å². The second-order valence-corrected chi connectivity index (χ2v) is 22.7. The molecule has 6 heteroatoms. The molecule has 0 rings (SSSR count). The molecule has 0 heterocycles. The van der Waals surface area contributed by atoms with Crippen LogP contribution in [0.4, 0.5) is 0 Å². The van der Waals surface area contributed by atoms with Crippen LogP contribution >= 0.6 is 0 Å². The predicted molar refractivity (Wildman–Crippen MR) is 353 cm³/mol. The number of allylic oxidation sites excluding steroid dienone is 18. The van der Waals surface area contributed by atoms with Gasteiger partial charge >= 0.3 is 17.9 Å². The zero-order valence-corrected chi connectivity index (χ0v) is 53.3. The van der Waals surface area contributed by atoms with E-state index in [0.29, 0.717) is 19.3 Å². The summed E-state index contributed by atoms with van der Waals surface area (Å²) in [5.74, 6) is -0.899. The first-order valence-electron chi connectivity index (χ1n) is 34.4. The number of unbranched alkanes of at least 4 members (excludes halogenated alkanes) is 33. The van der Waals surface area contributed by atoms with Gasteiger partial charge in [0.25, 0.3) is 0 Å². The summed E-state index contributed by atoms with van der Waals surface area (Å²) in [6, 6.07) is 0. The lowest BCUT2D eigenvalue weighted by Crippen LogP contribution is -2.30. The molecule has 0 aromatic heterocycles. The molecule has 0 aliphatic rings. The molecule has 0 aliphatic carbocycles. The van der Waals surface area contributed by atoms with Gasteiger partial charge in [0.05, 0.1) is 0 Å². The molecule has 6 nitrogen and oxygen atoms in total. The van der Waals surface area contributed by atoms with Crippen molar-refractivity contribution in [2.45, 2.75) is 335 Å². The smallest absolute Gasteiger partial charge is 0.306 e. The topological polar surface area (TPSA) is 78.9 Å². The van der Waals surface area contributed by atoms with Crippen molar-refractivity contribution in [3.8, 4) is 0 Å². The summed E-state index contributed by atoms with van der Waals surface area (Å²) in [5.41, 5.74) is 0. The van der Waals surface area contributed by atoms with Crippen LogP contribution in [-0.2, 0) is 28.6 Å². The third-order valence-corrected chi connectivity index (χ3v) is 14.7. The molecule has 0 radical (unpaired) electrons. The summed E-state index contributed by atoms with van der Waals surface area (Å²) < 4.78 is 17.0. The monoisotopic (exact) mass is 1120 g/mol. The second-order valence-electron chi connectivity index (χ2n) is 22.7. The largest absolute Gasteiger partial charge is 0.462 e. The Morgan fingerprint density at radius 3 is 0.765 bits per heavy atom. The van der Waals surface area contributed by atoms with Gasteiger partial charge in [0, 0.05) is 19.3 Å². The fraction of sp³-hybridized carbons (Fsp3) is 0.720. The van der Waals surface area contributed by atoms with Gasteiger partial charge in [0.1, 0.15) is 13.2 Å². The summed E-state index contributed by atoms with van der Waals surface area (Å²) in [4.78, 5) is 38.4. The molecule has 0 saturated carbocycles. The number of hydrogen-bond acceptors (Lipinski definition) is 6. The molecule has 0 bridgehead atoms. The van der Waals surface area contributed by atoms with Gasteiger partial charge in [-0.15, -0.1) is 0 Å². The van der Waals surface area contributed by atoms with Gasteiger partial charge in [0.2, 0.25) is 0 Å². The van der Waals surface area contributed by atoms with Crippen LogP contribution in [0.15, 0.2) is 109 Å². The van der Waals surface area contributed by atoms with Crippen LogP contribution < -0.4 is 0 Å². The molecule has 0 saturated heterocycles. The summed E-state index contributed by atoms with van der Waals surface area (Å²) in [6.45, 7) is 6.43. The van der Waals surface area contributed by atoms with Crippen molar-refractivity contribution >= 4 is 17.9 Å². The maximum Gasteiger partial charge on any atom is 0.306 e. The molecular weight excluding hydrogens is 997 g/mol. The third-order valence-electron chi connectivity index (χ3n) is 14.7. The van der Waals surface area contributed by atoms with E-state index < -0.39 is 6.10 Å². The Morgan fingerprint density at radius 1 is 0.259 bits per heavy atom. The minimum Gasteiger partial charge on any atom is -0.462 e. The van der Waals surface area contributed by atoms with E-state index in [1.165, 1.54) is 154 Å². The number of rotatable bonds is 62. The van der Waals surface area contributed by atoms with E-state index in [2.05, 4.69) is 130 Å². The van der Waals surface area contributed by atoms with Gasteiger partial charge in [-0.25, -0.2) is 0 Å². The lowest BCUT2D eigenvalue weighted by Gasteiger charge is -2.18. The quantitative estimate of drug-likeness (QED) is 0.0261. The van der Waals surface area contributed by atoms with Crippen LogP contribution in [-0.4, -0.2) is 37.2 Å². The van der Waals surface area contributed by atoms with Crippen molar-refractivity contribution in [3.63, 3.8) is 0 Å². The highest BCUT2D eigenvalue weighted by atomic mass is 16.6. The minimum atomic E-state index is -0.792. The lowest BCUT2D eigenvalue weighted by molar-refractivity contribution is -0.167. The van der Waals surface area contributed by atoms with Crippen LogP contribution in [0.1, 0.15) is 329 Å². The number of carbonyl (C=O) groups is 3. The first-order chi connectivity index (χ1) is 40.0. The van der Waals surface area contributed by atoms with Crippen LogP contribution in [0, 0.1) is 0 Å². The highest BCUT2D eigenvalue weighted by molar-refractivity contribution is 5.71. The molecule has 0 N–H and O–H groups in total. The zero-order chi connectivity index (χ0) is 58.5. The van der Waals surface area contributed by atoms with Crippen molar-refractivity contribution in [1.29, 1.82) is 0 Å².